The van der Waals surface area contributed by atoms with Crippen molar-refractivity contribution >= 4 is 0 Å². The highest BCUT2D eigenvalue weighted by Gasteiger charge is 2.29. The van der Waals surface area contributed by atoms with Gasteiger partial charge in [0.2, 0.25) is 0 Å². The highest BCUT2D eigenvalue weighted by Crippen LogP contribution is 2.41. The van der Waals surface area contributed by atoms with Gasteiger partial charge in [-0.1, -0.05) is 39.0 Å². The van der Waals surface area contributed by atoms with E-state index in [1.807, 2.05) is 0 Å². The van der Waals surface area contributed by atoms with Crippen LogP contribution in [0.3, 0.4) is 0 Å². The number of unbranched alkanes of at least 4 members (excludes halogenated alkanes) is 3. The second-order valence-electron chi connectivity index (χ2n) is 9.94. The summed E-state index contributed by atoms with van der Waals surface area (Å²) in [6.07, 6.45) is 12.1. The molecule has 4 heteroatoms. The van der Waals surface area contributed by atoms with Crippen LogP contribution in [0.15, 0.2) is 24.3 Å². The third-order valence-corrected chi connectivity index (χ3v) is 7.76. The van der Waals surface area contributed by atoms with E-state index in [1.54, 1.807) is 0 Å². The minimum atomic E-state index is -0.901. The molecular weight excluding hydrogens is 412 g/mol. The maximum absolute atomic E-state index is 15.1. The summed E-state index contributed by atoms with van der Waals surface area (Å²) in [5, 5.41) is 0. The molecule has 2 aromatic rings. The summed E-state index contributed by atoms with van der Waals surface area (Å²) in [5.41, 5.74) is 2.27. The molecule has 0 aliphatic heterocycles. The summed E-state index contributed by atoms with van der Waals surface area (Å²) < 4.78 is 57.4. The van der Waals surface area contributed by atoms with Crippen LogP contribution in [0.2, 0.25) is 0 Å². The zero-order chi connectivity index (χ0) is 22.7. The normalized spacial score (nSPS) is 23.2. The number of fused-ring (bicyclic) bond motifs is 1. The van der Waals surface area contributed by atoms with Gasteiger partial charge in [-0.05, 0) is 104 Å². The minimum Gasteiger partial charge on any atom is -0.207 e. The van der Waals surface area contributed by atoms with E-state index in [2.05, 4.69) is 6.92 Å². The summed E-state index contributed by atoms with van der Waals surface area (Å²) in [7, 11) is 0. The third-order valence-electron chi connectivity index (χ3n) is 7.76. The van der Waals surface area contributed by atoms with Gasteiger partial charge in [0.25, 0.3) is 0 Å². The molecule has 2 aliphatic rings. The van der Waals surface area contributed by atoms with Gasteiger partial charge in [0.05, 0.1) is 0 Å². The standard InChI is InChI=1S/C28H34F4/c1-2-3-4-5-6-18-7-9-19(10-8-18)23-16-26(31)28(27(32)17-23)21-12-11-20-14-24(29)25(30)15-22(20)13-21/h14-19,21H,2-13H2,1H3. The maximum atomic E-state index is 15.1. The molecule has 4 rings (SSSR count). The van der Waals surface area contributed by atoms with Crippen molar-refractivity contribution in [2.75, 3.05) is 0 Å². The van der Waals surface area contributed by atoms with Gasteiger partial charge < -0.3 is 0 Å². The Kier molecular flexibility index (Phi) is 7.58. The number of halogens is 4. The number of aryl methyl sites for hydroxylation is 1. The van der Waals surface area contributed by atoms with Gasteiger partial charge in [0.15, 0.2) is 11.6 Å². The Balaban J connectivity index is 1.41. The fraction of sp³-hybridized carbons (Fsp3) is 0.571. The van der Waals surface area contributed by atoms with Crippen molar-refractivity contribution < 1.29 is 17.6 Å². The number of benzene rings is 2. The fourth-order valence-corrected chi connectivity index (χ4v) is 5.87. The van der Waals surface area contributed by atoms with E-state index < -0.39 is 23.3 Å². The first-order valence-electron chi connectivity index (χ1n) is 12.4. The van der Waals surface area contributed by atoms with E-state index >= 15 is 8.78 Å². The SMILES string of the molecule is CCCCCCC1CCC(c2cc(F)c(C3CCc4cc(F)c(F)cc4C3)c(F)c2)CC1. The topological polar surface area (TPSA) is 0 Å². The number of hydrogen-bond acceptors (Lipinski definition) is 0. The van der Waals surface area contributed by atoms with Crippen LogP contribution >= 0.6 is 0 Å². The average Bonchev–Trinajstić information content (AvgIpc) is 2.77. The lowest BCUT2D eigenvalue weighted by Crippen LogP contribution is -2.18. The molecule has 0 heterocycles. The Bertz CT molecular complexity index is 904. The maximum Gasteiger partial charge on any atom is 0.159 e. The quantitative estimate of drug-likeness (QED) is 0.294. The lowest BCUT2D eigenvalue weighted by Gasteiger charge is -2.30. The van der Waals surface area contributed by atoms with Crippen molar-refractivity contribution in [3.8, 4) is 0 Å². The third kappa shape index (κ3) is 5.21. The Hall–Kier alpha value is -1.84. The molecule has 0 N–H and O–H groups in total. The van der Waals surface area contributed by atoms with Gasteiger partial charge in [0, 0.05) is 5.56 Å². The van der Waals surface area contributed by atoms with E-state index in [-0.39, 0.29) is 17.4 Å². The van der Waals surface area contributed by atoms with Crippen LogP contribution in [0.25, 0.3) is 0 Å². The van der Waals surface area contributed by atoms with Crippen LogP contribution in [0, 0.1) is 29.2 Å². The monoisotopic (exact) mass is 446 g/mol. The Morgan fingerprint density at radius 2 is 1.34 bits per heavy atom. The molecule has 0 aromatic heterocycles. The summed E-state index contributed by atoms with van der Waals surface area (Å²) in [4.78, 5) is 0. The van der Waals surface area contributed by atoms with Gasteiger partial charge >= 0.3 is 0 Å². The summed E-state index contributed by atoms with van der Waals surface area (Å²) in [6.45, 7) is 2.23. The van der Waals surface area contributed by atoms with Crippen LogP contribution in [0.1, 0.15) is 105 Å². The molecule has 0 saturated heterocycles. The van der Waals surface area contributed by atoms with E-state index in [0.29, 0.717) is 24.8 Å². The van der Waals surface area contributed by atoms with Crippen LogP contribution in [-0.4, -0.2) is 0 Å². The molecule has 2 aromatic carbocycles. The Morgan fingerprint density at radius 1 is 0.688 bits per heavy atom. The highest BCUT2D eigenvalue weighted by molar-refractivity contribution is 5.37. The number of hydrogen-bond donors (Lipinski definition) is 0. The van der Waals surface area contributed by atoms with Crippen molar-refractivity contribution in [2.45, 2.75) is 95.8 Å². The van der Waals surface area contributed by atoms with Crippen molar-refractivity contribution in [3.05, 3.63) is 69.8 Å². The van der Waals surface area contributed by atoms with E-state index in [4.69, 9.17) is 0 Å². The molecule has 1 atom stereocenters. The molecule has 0 bridgehead atoms. The molecule has 0 spiro atoms. The summed E-state index contributed by atoms with van der Waals surface area (Å²) >= 11 is 0. The minimum absolute atomic E-state index is 0.105. The Labute approximate surface area is 189 Å². The van der Waals surface area contributed by atoms with E-state index in [9.17, 15) is 8.78 Å². The molecule has 1 unspecified atom stereocenters. The predicted molar refractivity (Wildman–Crippen MR) is 121 cm³/mol. The Morgan fingerprint density at radius 3 is 2.00 bits per heavy atom. The van der Waals surface area contributed by atoms with Gasteiger partial charge in [-0.3, -0.25) is 0 Å². The molecule has 2 aliphatic carbocycles. The van der Waals surface area contributed by atoms with Gasteiger partial charge in [-0.2, -0.15) is 0 Å². The lowest BCUT2D eigenvalue weighted by molar-refractivity contribution is 0.301. The van der Waals surface area contributed by atoms with Crippen LogP contribution in [0.5, 0.6) is 0 Å². The van der Waals surface area contributed by atoms with Gasteiger partial charge in [-0.15, -0.1) is 0 Å². The van der Waals surface area contributed by atoms with Crippen molar-refractivity contribution in [2.24, 2.45) is 5.92 Å². The number of rotatable bonds is 7. The summed E-state index contributed by atoms with van der Waals surface area (Å²) in [5.74, 6) is -2.11. The van der Waals surface area contributed by atoms with Gasteiger partial charge in [0.1, 0.15) is 11.6 Å². The largest absolute Gasteiger partial charge is 0.207 e. The zero-order valence-corrected chi connectivity index (χ0v) is 19.0. The first-order valence-corrected chi connectivity index (χ1v) is 12.4. The van der Waals surface area contributed by atoms with Crippen molar-refractivity contribution in [1.29, 1.82) is 0 Å². The first kappa shape index (κ1) is 23.3. The molecule has 0 radical (unpaired) electrons. The molecule has 0 nitrogen and oxygen atoms in total. The van der Waals surface area contributed by atoms with Crippen molar-refractivity contribution in [1.82, 2.24) is 0 Å². The molecular formula is C28H34F4. The summed E-state index contributed by atoms with van der Waals surface area (Å²) in [6, 6.07) is 5.47. The van der Waals surface area contributed by atoms with E-state index in [1.165, 1.54) is 56.4 Å². The molecule has 0 amide bonds. The lowest BCUT2D eigenvalue weighted by atomic mass is 9.75. The smallest absolute Gasteiger partial charge is 0.159 e. The molecule has 174 valence electrons. The predicted octanol–water partition coefficient (Wildman–Crippen LogP) is 8.76. The second kappa shape index (κ2) is 10.4. The van der Waals surface area contributed by atoms with Crippen LogP contribution < -0.4 is 0 Å². The molecule has 1 fully saturated rings. The fourth-order valence-electron chi connectivity index (χ4n) is 5.87. The average molecular weight is 447 g/mol. The van der Waals surface area contributed by atoms with Crippen molar-refractivity contribution in [3.63, 3.8) is 0 Å². The first-order chi connectivity index (χ1) is 15.5. The van der Waals surface area contributed by atoms with Gasteiger partial charge in [-0.25, -0.2) is 17.6 Å². The molecule has 32 heavy (non-hydrogen) atoms. The zero-order valence-electron chi connectivity index (χ0n) is 19.0. The molecule has 1 saturated carbocycles. The highest BCUT2D eigenvalue weighted by atomic mass is 19.2. The second-order valence-corrected chi connectivity index (χ2v) is 9.94. The van der Waals surface area contributed by atoms with E-state index in [0.717, 1.165) is 42.7 Å². The van der Waals surface area contributed by atoms with Crippen LogP contribution in [-0.2, 0) is 12.8 Å². The van der Waals surface area contributed by atoms with Crippen LogP contribution in [0.4, 0.5) is 17.6 Å².